The molecule has 0 aromatic heterocycles. The van der Waals surface area contributed by atoms with E-state index in [1.165, 1.54) is 24.5 Å². The van der Waals surface area contributed by atoms with Gasteiger partial charge in [0.1, 0.15) is 0 Å². The van der Waals surface area contributed by atoms with Crippen molar-refractivity contribution in [2.75, 3.05) is 18.1 Å². The molecule has 2 heterocycles. The lowest BCUT2D eigenvalue weighted by Gasteiger charge is -2.39. The van der Waals surface area contributed by atoms with Crippen LogP contribution >= 0.6 is 23.5 Å². The Morgan fingerprint density at radius 3 is 2.75 bits per heavy atom. The average molecular weight is 203 g/mol. The summed E-state index contributed by atoms with van der Waals surface area (Å²) in [6.07, 6.45) is 1.36. The van der Waals surface area contributed by atoms with Crippen LogP contribution in [0, 0.1) is 5.92 Å². The minimum absolute atomic E-state index is 0.442. The SMILES string of the molecule is CC1CNC2(CCSC2C)SC1. The molecule has 0 aromatic carbocycles. The molecule has 70 valence electrons. The van der Waals surface area contributed by atoms with Gasteiger partial charge in [0.15, 0.2) is 0 Å². The van der Waals surface area contributed by atoms with E-state index in [9.17, 15) is 0 Å². The Morgan fingerprint density at radius 1 is 1.42 bits per heavy atom. The van der Waals surface area contributed by atoms with Crippen LogP contribution in [0.5, 0.6) is 0 Å². The number of nitrogens with one attached hydrogen (secondary N) is 1. The zero-order chi connectivity index (χ0) is 8.60. The van der Waals surface area contributed by atoms with Gasteiger partial charge in [-0.3, -0.25) is 0 Å². The lowest BCUT2D eigenvalue weighted by Crippen LogP contribution is -2.52. The van der Waals surface area contributed by atoms with Crippen molar-refractivity contribution in [2.45, 2.75) is 30.4 Å². The summed E-state index contributed by atoms with van der Waals surface area (Å²) in [5, 5.41) is 4.54. The topological polar surface area (TPSA) is 12.0 Å². The van der Waals surface area contributed by atoms with Gasteiger partial charge >= 0.3 is 0 Å². The molecule has 2 fully saturated rings. The van der Waals surface area contributed by atoms with E-state index in [0.717, 1.165) is 11.2 Å². The summed E-state index contributed by atoms with van der Waals surface area (Å²) in [5.41, 5.74) is 0. The van der Waals surface area contributed by atoms with Crippen LogP contribution in [-0.4, -0.2) is 28.2 Å². The van der Waals surface area contributed by atoms with Gasteiger partial charge in [-0.15, -0.1) is 11.8 Å². The van der Waals surface area contributed by atoms with Crippen LogP contribution in [0.3, 0.4) is 0 Å². The summed E-state index contributed by atoms with van der Waals surface area (Å²) in [5.74, 6) is 3.55. The molecule has 0 aromatic rings. The standard InChI is InChI=1S/C9H17NS2/c1-7-5-10-9(12-6-7)3-4-11-8(9)2/h7-8,10H,3-6H2,1-2H3. The maximum Gasteiger partial charge on any atom is 0.0770 e. The van der Waals surface area contributed by atoms with Crippen LogP contribution in [0.4, 0.5) is 0 Å². The lowest BCUT2D eigenvalue weighted by molar-refractivity contribution is 0.409. The molecule has 0 saturated carbocycles. The van der Waals surface area contributed by atoms with E-state index in [1.807, 2.05) is 0 Å². The number of rotatable bonds is 0. The molecule has 0 amide bonds. The van der Waals surface area contributed by atoms with Gasteiger partial charge in [0.2, 0.25) is 0 Å². The van der Waals surface area contributed by atoms with Gasteiger partial charge in [-0.2, -0.15) is 11.8 Å². The van der Waals surface area contributed by atoms with Crippen LogP contribution in [-0.2, 0) is 0 Å². The summed E-state index contributed by atoms with van der Waals surface area (Å²) in [6, 6.07) is 0. The molecular weight excluding hydrogens is 186 g/mol. The van der Waals surface area contributed by atoms with Crippen LogP contribution in [0.25, 0.3) is 0 Å². The van der Waals surface area contributed by atoms with E-state index in [-0.39, 0.29) is 0 Å². The van der Waals surface area contributed by atoms with Crippen molar-refractivity contribution < 1.29 is 0 Å². The highest BCUT2D eigenvalue weighted by molar-refractivity contribution is 8.05. The zero-order valence-corrected chi connectivity index (χ0v) is 9.43. The highest BCUT2D eigenvalue weighted by Crippen LogP contribution is 2.45. The Balaban J connectivity index is 2.02. The Hall–Kier alpha value is 0.660. The zero-order valence-electron chi connectivity index (χ0n) is 7.80. The largest absolute Gasteiger partial charge is 0.302 e. The first-order valence-electron chi connectivity index (χ1n) is 4.73. The summed E-state index contributed by atoms with van der Waals surface area (Å²) in [6.45, 7) is 5.92. The predicted octanol–water partition coefficient (Wildman–Crippen LogP) is 2.18. The second-order valence-corrected chi connectivity index (χ2v) is 6.75. The first-order valence-corrected chi connectivity index (χ1v) is 6.77. The predicted molar refractivity (Wildman–Crippen MR) is 58.9 cm³/mol. The third kappa shape index (κ3) is 1.51. The Bertz CT molecular complexity index is 164. The quantitative estimate of drug-likeness (QED) is 0.648. The van der Waals surface area contributed by atoms with Crippen LogP contribution in [0.2, 0.25) is 0 Å². The van der Waals surface area contributed by atoms with Gasteiger partial charge in [0, 0.05) is 5.25 Å². The van der Waals surface area contributed by atoms with Crippen molar-refractivity contribution in [3.8, 4) is 0 Å². The second-order valence-electron chi connectivity index (χ2n) is 3.95. The van der Waals surface area contributed by atoms with Gasteiger partial charge in [0.25, 0.3) is 0 Å². The van der Waals surface area contributed by atoms with Crippen molar-refractivity contribution in [1.82, 2.24) is 5.32 Å². The Labute approximate surface area is 83.4 Å². The number of hydrogen-bond donors (Lipinski definition) is 1. The highest BCUT2D eigenvalue weighted by atomic mass is 32.2. The molecule has 3 heteroatoms. The maximum atomic E-state index is 3.74. The van der Waals surface area contributed by atoms with Crippen LogP contribution < -0.4 is 5.32 Å². The molecule has 3 unspecified atom stereocenters. The van der Waals surface area contributed by atoms with Crippen molar-refractivity contribution in [3.05, 3.63) is 0 Å². The minimum Gasteiger partial charge on any atom is -0.302 e. The lowest BCUT2D eigenvalue weighted by atomic mass is 10.1. The second kappa shape index (κ2) is 3.43. The van der Waals surface area contributed by atoms with Gasteiger partial charge in [-0.05, 0) is 30.4 Å². The summed E-state index contributed by atoms with van der Waals surface area (Å²) < 4.78 is 0. The molecule has 0 aliphatic carbocycles. The van der Waals surface area contributed by atoms with E-state index in [2.05, 4.69) is 42.7 Å². The molecule has 1 spiro atoms. The van der Waals surface area contributed by atoms with Gasteiger partial charge in [-0.25, -0.2) is 0 Å². The Kier molecular flexibility index (Phi) is 2.64. The van der Waals surface area contributed by atoms with E-state index in [4.69, 9.17) is 0 Å². The molecule has 2 saturated heterocycles. The molecule has 0 radical (unpaired) electrons. The molecular formula is C9H17NS2. The molecule has 2 rings (SSSR count). The van der Waals surface area contributed by atoms with E-state index >= 15 is 0 Å². The summed E-state index contributed by atoms with van der Waals surface area (Å²) >= 11 is 4.28. The van der Waals surface area contributed by atoms with E-state index < -0.39 is 0 Å². The van der Waals surface area contributed by atoms with Crippen molar-refractivity contribution in [3.63, 3.8) is 0 Å². The molecule has 1 nitrogen and oxygen atoms in total. The van der Waals surface area contributed by atoms with E-state index in [1.54, 1.807) is 0 Å². The maximum absolute atomic E-state index is 3.74. The summed E-state index contributed by atoms with van der Waals surface area (Å²) in [7, 11) is 0. The normalized spacial score (nSPS) is 48.5. The smallest absolute Gasteiger partial charge is 0.0770 e. The fourth-order valence-electron chi connectivity index (χ4n) is 1.89. The Morgan fingerprint density at radius 2 is 2.25 bits per heavy atom. The number of hydrogen-bond acceptors (Lipinski definition) is 3. The first-order chi connectivity index (χ1) is 5.73. The summed E-state index contributed by atoms with van der Waals surface area (Å²) in [4.78, 5) is 0.442. The molecule has 0 bridgehead atoms. The fourth-order valence-corrected chi connectivity index (χ4v) is 5.06. The van der Waals surface area contributed by atoms with Gasteiger partial charge in [0.05, 0.1) is 4.87 Å². The molecule has 2 aliphatic heterocycles. The molecule has 3 atom stereocenters. The molecule has 12 heavy (non-hydrogen) atoms. The van der Waals surface area contributed by atoms with Crippen LogP contribution in [0.1, 0.15) is 20.3 Å². The number of thioether (sulfide) groups is 2. The van der Waals surface area contributed by atoms with Crippen LogP contribution in [0.15, 0.2) is 0 Å². The van der Waals surface area contributed by atoms with Crippen molar-refractivity contribution in [2.24, 2.45) is 5.92 Å². The van der Waals surface area contributed by atoms with E-state index in [0.29, 0.717) is 4.87 Å². The van der Waals surface area contributed by atoms with Gasteiger partial charge in [-0.1, -0.05) is 13.8 Å². The highest BCUT2D eigenvalue weighted by Gasteiger charge is 2.43. The molecule has 1 N–H and O–H groups in total. The third-order valence-corrected chi connectivity index (χ3v) is 6.32. The van der Waals surface area contributed by atoms with Crippen molar-refractivity contribution in [1.29, 1.82) is 0 Å². The minimum atomic E-state index is 0.442. The van der Waals surface area contributed by atoms with Gasteiger partial charge < -0.3 is 5.32 Å². The fraction of sp³-hybridized carbons (Fsp3) is 1.00. The third-order valence-electron chi connectivity index (χ3n) is 2.87. The molecule has 2 aliphatic rings. The average Bonchev–Trinajstić information content (AvgIpc) is 2.41. The van der Waals surface area contributed by atoms with Crippen molar-refractivity contribution >= 4 is 23.5 Å². The first kappa shape index (κ1) is 9.22. The monoisotopic (exact) mass is 203 g/mol.